The maximum Gasteiger partial charge on any atom is 0.222 e. The van der Waals surface area contributed by atoms with Gasteiger partial charge in [0.05, 0.1) is 5.69 Å². The molecule has 0 bridgehead atoms. The Labute approximate surface area is 222 Å². The topological polar surface area (TPSA) is 71.2 Å². The van der Waals surface area contributed by atoms with Crippen molar-refractivity contribution in [2.75, 3.05) is 7.05 Å². The number of nitrogens with two attached hydrogens (primary N) is 1. The van der Waals surface area contributed by atoms with Crippen LogP contribution in [0.3, 0.4) is 0 Å². The van der Waals surface area contributed by atoms with Crippen LogP contribution >= 0.6 is 0 Å². The SMILES string of the molecule is CN(C(=O)CCC(C1CCCCC1)N1Cc2cc(OC3=CCCC=C3)ccc2N=C1N)C1CCCCC1. The van der Waals surface area contributed by atoms with Gasteiger partial charge in [-0.05, 0) is 81.2 Å². The van der Waals surface area contributed by atoms with Crippen LogP contribution in [0.1, 0.15) is 95.5 Å². The van der Waals surface area contributed by atoms with E-state index in [2.05, 4.69) is 23.1 Å². The van der Waals surface area contributed by atoms with Crippen LogP contribution < -0.4 is 10.5 Å². The average molecular weight is 505 g/mol. The lowest BCUT2D eigenvalue weighted by Gasteiger charge is -2.41. The summed E-state index contributed by atoms with van der Waals surface area (Å²) in [5.41, 5.74) is 8.66. The molecule has 3 aliphatic carbocycles. The zero-order valence-electron chi connectivity index (χ0n) is 22.5. The van der Waals surface area contributed by atoms with Crippen molar-refractivity contribution in [3.05, 3.63) is 47.7 Å². The minimum Gasteiger partial charge on any atom is -0.458 e. The Hall–Kier alpha value is -2.76. The molecule has 37 heavy (non-hydrogen) atoms. The molecule has 1 amide bonds. The third-order valence-electron chi connectivity index (χ3n) is 8.88. The number of allylic oxidation sites excluding steroid dienone is 3. The van der Waals surface area contributed by atoms with Crippen LogP contribution in [-0.2, 0) is 11.3 Å². The molecule has 2 N–H and O–H groups in total. The molecule has 1 atom stereocenters. The number of carbonyl (C=O) groups excluding carboxylic acids is 1. The summed E-state index contributed by atoms with van der Waals surface area (Å²) < 4.78 is 6.15. The second kappa shape index (κ2) is 12.2. The maximum absolute atomic E-state index is 13.2. The molecule has 1 unspecified atom stereocenters. The van der Waals surface area contributed by atoms with Gasteiger partial charge in [-0.15, -0.1) is 0 Å². The first-order chi connectivity index (χ1) is 18.1. The number of hydrogen-bond donors (Lipinski definition) is 1. The molecule has 6 heteroatoms. The molecule has 6 nitrogen and oxygen atoms in total. The predicted octanol–water partition coefficient (Wildman–Crippen LogP) is 6.58. The molecule has 5 rings (SSSR count). The zero-order chi connectivity index (χ0) is 25.6. The van der Waals surface area contributed by atoms with E-state index in [9.17, 15) is 4.79 Å². The fourth-order valence-corrected chi connectivity index (χ4v) is 6.69. The first-order valence-corrected chi connectivity index (χ1v) is 14.6. The van der Waals surface area contributed by atoms with E-state index < -0.39 is 0 Å². The van der Waals surface area contributed by atoms with Crippen molar-refractivity contribution in [3.63, 3.8) is 0 Å². The lowest BCUT2D eigenvalue weighted by Crippen LogP contribution is -2.49. The fourth-order valence-electron chi connectivity index (χ4n) is 6.69. The fraction of sp³-hybridized carbons (Fsp3) is 0.613. The molecule has 1 aromatic rings. The highest BCUT2D eigenvalue weighted by atomic mass is 16.5. The molecule has 0 saturated heterocycles. The summed E-state index contributed by atoms with van der Waals surface area (Å²) in [6.45, 7) is 0.713. The molecule has 0 spiro atoms. The van der Waals surface area contributed by atoms with Gasteiger partial charge in [0, 0.05) is 37.7 Å². The van der Waals surface area contributed by atoms with E-state index in [4.69, 9.17) is 15.5 Å². The van der Waals surface area contributed by atoms with E-state index in [1.807, 2.05) is 30.2 Å². The van der Waals surface area contributed by atoms with Crippen LogP contribution in [0.25, 0.3) is 0 Å². The molecule has 1 heterocycles. The molecule has 2 saturated carbocycles. The number of aliphatic imine (C=N–C) groups is 1. The summed E-state index contributed by atoms with van der Waals surface area (Å²) in [5, 5.41) is 0. The Morgan fingerprint density at radius 3 is 2.59 bits per heavy atom. The Balaban J connectivity index is 1.30. The normalized spacial score (nSPS) is 21.6. The third kappa shape index (κ3) is 6.39. The van der Waals surface area contributed by atoms with Gasteiger partial charge in [-0.1, -0.05) is 44.6 Å². The first kappa shape index (κ1) is 25.9. The van der Waals surface area contributed by atoms with Crippen molar-refractivity contribution in [3.8, 4) is 5.75 Å². The lowest BCUT2D eigenvalue weighted by molar-refractivity contribution is -0.133. The Morgan fingerprint density at radius 1 is 1.11 bits per heavy atom. The zero-order valence-corrected chi connectivity index (χ0v) is 22.5. The Kier molecular flexibility index (Phi) is 8.52. The van der Waals surface area contributed by atoms with E-state index in [1.165, 1.54) is 51.4 Å². The van der Waals surface area contributed by atoms with Gasteiger partial charge in [0.2, 0.25) is 5.91 Å². The Morgan fingerprint density at radius 2 is 1.86 bits per heavy atom. The minimum absolute atomic E-state index is 0.231. The largest absolute Gasteiger partial charge is 0.458 e. The van der Waals surface area contributed by atoms with E-state index in [0.717, 1.165) is 54.9 Å². The summed E-state index contributed by atoms with van der Waals surface area (Å²) >= 11 is 0. The number of rotatable bonds is 8. The van der Waals surface area contributed by atoms with Gasteiger partial charge in [-0.2, -0.15) is 0 Å². The van der Waals surface area contributed by atoms with Crippen LogP contribution in [0.2, 0.25) is 0 Å². The minimum atomic E-state index is 0.231. The summed E-state index contributed by atoms with van der Waals surface area (Å²) in [5.74, 6) is 3.16. The van der Waals surface area contributed by atoms with Gasteiger partial charge in [0.1, 0.15) is 11.5 Å². The van der Waals surface area contributed by atoms with Crippen LogP contribution in [-0.4, -0.2) is 40.8 Å². The van der Waals surface area contributed by atoms with Gasteiger partial charge in [-0.3, -0.25) is 4.79 Å². The molecule has 200 valence electrons. The number of hydrogen-bond acceptors (Lipinski definition) is 5. The number of benzene rings is 1. The number of guanidine groups is 1. The van der Waals surface area contributed by atoms with Crippen molar-refractivity contribution in [2.45, 2.75) is 109 Å². The quantitative estimate of drug-likeness (QED) is 0.434. The second-order valence-electron chi connectivity index (χ2n) is 11.4. The summed E-state index contributed by atoms with van der Waals surface area (Å²) in [4.78, 5) is 22.4. The predicted molar refractivity (Wildman–Crippen MR) is 150 cm³/mol. The summed E-state index contributed by atoms with van der Waals surface area (Å²) in [6, 6.07) is 6.75. The first-order valence-electron chi connectivity index (χ1n) is 14.6. The van der Waals surface area contributed by atoms with Crippen LogP contribution in [0.5, 0.6) is 5.75 Å². The highest BCUT2D eigenvalue weighted by Crippen LogP contribution is 2.36. The number of carbonyl (C=O) groups is 1. The smallest absolute Gasteiger partial charge is 0.222 e. The van der Waals surface area contributed by atoms with E-state index in [1.54, 1.807) is 0 Å². The number of ether oxygens (including phenoxy) is 1. The molecular formula is C31H44N4O2. The van der Waals surface area contributed by atoms with Crippen molar-refractivity contribution in [1.29, 1.82) is 0 Å². The number of amides is 1. The van der Waals surface area contributed by atoms with Crippen molar-refractivity contribution >= 4 is 17.6 Å². The lowest BCUT2D eigenvalue weighted by atomic mass is 9.81. The monoisotopic (exact) mass is 504 g/mol. The Bertz CT molecular complexity index is 1030. The highest BCUT2D eigenvalue weighted by Gasteiger charge is 2.33. The van der Waals surface area contributed by atoms with E-state index in [0.29, 0.717) is 30.9 Å². The number of nitrogens with zero attached hydrogens (tertiary/aromatic N) is 3. The molecule has 0 aromatic heterocycles. The third-order valence-corrected chi connectivity index (χ3v) is 8.88. The van der Waals surface area contributed by atoms with Gasteiger partial charge >= 0.3 is 0 Å². The average Bonchev–Trinajstić information content (AvgIpc) is 2.94. The van der Waals surface area contributed by atoms with Crippen LogP contribution in [0.15, 0.2) is 47.2 Å². The van der Waals surface area contributed by atoms with Gasteiger partial charge < -0.3 is 20.3 Å². The van der Waals surface area contributed by atoms with E-state index in [-0.39, 0.29) is 11.9 Å². The number of fused-ring (bicyclic) bond motifs is 1. The highest BCUT2D eigenvalue weighted by molar-refractivity contribution is 5.84. The van der Waals surface area contributed by atoms with Gasteiger partial charge in [0.15, 0.2) is 5.96 Å². The summed E-state index contributed by atoms with van der Waals surface area (Å²) in [6.07, 6.45) is 22.2. The van der Waals surface area contributed by atoms with Crippen molar-refractivity contribution in [2.24, 2.45) is 16.6 Å². The molecule has 1 aliphatic heterocycles. The van der Waals surface area contributed by atoms with E-state index >= 15 is 0 Å². The molecular weight excluding hydrogens is 460 g/mol. The van der Waals surface area contributed by atoms with Gasteiger partial charge in [0.25, 0.3) is 0 Å². The van der Waals surface area contributed by atoms with Gasteiger partial charge in [-0.25, -0.2) is 4.99 Å². The van der Waals surface area contributed by atoms with Crippen molar-refractivity contribution in [1.82, 2.24) is 9.80 Å². The molecule has 4 aliphatic rings. The molecule has 1 aromatic carbocycles. The molecule has 2 fully saturated rings. The van der Waals surface area contributed by atoms with Crippen LogP contribution in [0, 0.1) is 5.92 Å². The molecule has 0 radical (unpaired) electrons. The maximum atomic E-state index is 13.2. The second-order valence-corrected chi connectivity index (χ2v) is 11.4. The van der Waals surface area contributed by atoms with Crippen molar-refractivity contribution < 1.29 is 9.53 Å². The standard InChI is InChI=1S/C31H44N4O2/c1-34(25-13-7-3-8-14-25)30(36)20-19-29(23-11-5-2-6-12-23)35-22-24-21-27(17-18-28(24)33-31(35)32)37-26-15-9-4-10-16-26/h9,15-18,21,23,25,29H,2-8,10-14,19-20,22H2,1H3,(H2,32,33). The van der Waals surface area contributed by atoms with Crippen LogP contribution in [0.4, 0.5) is 5.69 Å². The summed E-state index contributed by atoms with van der Waals surface area (Å²) in [7, 11) is 2.01.